The van der Waals surface area contributed by atoms with Crippen molar-refractivity contribution in [2.24, 2.45) is 11.0 Å². The third kappa shape index (κ3) is 5.42. The maximum Gasteiger partial charge on any atom is 0.252 e. The van der Waals surface area contributed by atoms with Gasteiger partial charge in [-0.3, -0.25) is 9.59 Å². The summed E-state index contributed by atoms with van der Waals surface area (Å²) < 4.78 is 5.81. The molecule has 6 nitrogen and oxygen atoms in total. The lowest BCUT2D eigenvalue weighted by Crippen LogP contribution is -2.34. The summed E-state index contributed by atoms with van der Waals surface area (Å²) in [4.78, 5) is 24.2. The Kier molecular flexibility index (Phi) is 6.71. The highest BCUT2D eigenvalue weighted by Gasteiger charge is 2.21. The number of para-hydroxylation sites is 1. The van der Waals surface area contributed by atoms with E-state index in [1.807, 2.05) is 6.07 Å². The molecule has 2 aromatic carbocycles. The number of anilines is 1. The van der Waals surface area contributed by atoms with Crippen molar-refractivity contribution in [1.29, 1.82) is 0 Å². The lowest BCUT2D eigenvalue weighted by Gasteiger charge is -2.11. The van der Waals surface area contributed by atoms with Crippen molar-refractivity contribution in [2.45, 2.75) is 6.92 Å². The Hall–Kier alpha value is -2.67. The van der Waals surface area contributed by atoms with Gasteiger partial charge in [0.1, 0.15) is 11.7 Å². The van der Waals surface area contributed by atoms with Crippen LogP contribution in [-0.2, 0) is 9.59 Å². The van der Waals surface area contributed by atoms with Gasteiger partial charge in [-0.1, -0.05) is 12.1 Å². The van der Waals surface area contributed by atoms with E-state index in [-0.39, 0.29) is 0 Å². The Morgan fingerprint density at radius 1 is 1.12 bits per heavy atom. The average molecular weight is 404 g/mol. The zero-order valence-corrected chi connectivity index (χ0v) is 15.4. The van der Waals surface area contributed by atoms with Crippen molar-refractivity contribution >= 4 is 39.6 Å². The molecule has 2 rings (SSSR count). The predicted molar refractivity (Wildman–Crippen MR) is 101 cm³/mol. The van der Waals surface area contributed by atoms with E-state index in [4.69, 9.17) is 4.74 Å². The fraction of sp³-hybridized carbons (Fsp3) is 0.167. The number of carbonyl (C=O) groups is 2. The van der Waals surface area contributed by atoms with Crippen molar-refractivity contribution in [2.75, 3.05) is 12.4 Å². The second kappa shape index (κ2) is 8.98. The molecule has 0 aliphatic heterocycles. The van der Waals surface area contributed by atoms with Gasteiger partial charge >= 0.3 is 0 Å². The van der Waals surface area contributed by atoms with Gasteiger partial charge in [-0.25, -0.2) is 5.43 Å². The number of ether oxygens (including phenoxy) is 1. The summed E-state index contributed by atoms with van der Waals surface area (Å²) in [6.45, 7) is 1.52. The van der Waals surface area contributed by atoms with E-state index in [0.717, 1.165) is 15.8 Å². The van der Waals surface area contributed by atoms with Crippen LogP contribution in [0.2, 0.25) is 0 Å². The minimum absolute atomic E-state index is 0.413. The van der Waals surface area contributed by atoms with Crippen molar-refractivity contribution in [3.05, 3.63) is 58.6 Å². The molecule has 1 atom stereocenters. The summed E-state index contributed by atoms with van der Waals surface area (Å²) >= 11 is 3.34. The quantitative estimate of drug-likeness (QED) is 0.441. The van der Waals surface area contributed by atoms with Gasteiger partial charge in [0.25, 0.3) is 5.91 Å². The van der Waals surface area contributed by atoms with Gasteiger partial charge in [-0.2, -0.15) is 5.10 Å². The number of hydrazone groups is 1. The van der Waals surface area contributed by atoms with Gasteiger partial charge in [0, 0.05) is 4.47 Å². The van der Waals surface area contributed by atoms with E-state index >= 15 is 0 Å². The van der Waals surface area contributed by atoms with Gasteiger partial charge in [0.15, 0.2) is 0 Å². The Morgan fingerprint density at radius 2 is 1.80 bits per heavy atom. The average Bonchev–Trinajstić information content (AvgIpc) is 2.63. The Morgan fingerprint density at radius 3 is 2.44 bits per heavy atom. The standard InChI is InChI=1S/C18H18BrN3O3/c1-12(17(23)21-16-6-4-3-5-15(16)19)18(24)22-20-11-13-7-9-14(25-2)10-8-13/h3-12H,1-2H3,(H,21,23)(H,22,24). The van der Waals surface area contributed by atoms with Crippen molar-refractivity contribution in [3.63, 3.8) is 0 Å². The van der Waals surface area contributed by atoms with Crippen LogP contribution in [-0.4, -0.2) is 25.1 Å². The molecule has 0 aromatic heterocycles. The Balaban J connectivity index is 1.89. The largest absolute Gasteiger partial charge is 0.497 e. The first kappa shape index (κ1) is 18.7. The second-order valence-electron chi connectivity index (χ2n) is 5.20. The molecule has 0 radical (unpaired) electrons. The number of methoxy groups -OCH3 is 1. The molecule has 2 N–H and O–H groups in total. The van der Waals surface area contributed by atoms with E-state index in [1.54, 1.807) is 49.6 Å². The van der Waals surface area contributed by atoms with Crippen LogP contribution in [0.4, 0.5) is 5.69 Å². The highest BCUT2D eigenvalue weighted by atomic mass is 79.9. The number of amides is 2. The molecule has 25 heavy (non-hydrogen) atoms. The maximum absolute atomic E-state index is 12.2. The molecule has 2 aromatic rings. The summed E-state index contributed by atoms with van der Waals surface area (Å²) in [7, 11) is 1.59. The minimum Gasteiger partial charge on any atom is -0.497 e. The van der Waals surface area contributed by atoms with E-state index in [0.29, 0.717) is 5.69 Å². The summed E-state index contributed by atoms with van der Waals surface area (Å²) in [5.41, 5.74) is 3.77. The summed E-state index contributed by atoms with van der Waals surface area (Å²) in [5, 5.41) is 6.57. The van der Waals surface area contributed by atoms with Crippen LogP contribution >= 0.6 is 15.9 Å². The van der Waals surface area contributed by atoms with Crippen LogP contribution in [0.3, 0.4) is 0 Å². The molecule has 0 bridgehead atoms. The number of halogens is 1. The Bertz CT molecular complexity index is 775. The number of rotatable bonds is 6. The Labute approximate surface area is 154 Å². The van der Waals surface area contributed by atoms with Crippen LogP contribution in [0, 0.1) is 5.92 Å². The van der Waals surface area contributed by atoms with Crippen molar-refractivity contribution < 1.29 is 14.3 Å². The third-order valence-electron chi connectivity index (χ3n) is 3.42. The smallest absolute Gasteiger partial charge is 0.252 e. The van der Waals surface area contributed by atoms with Crippen LogP contribution in [0.15, 0.2) is 58.1 Å². The van der Waals surface area contributed by atoms with Crippen LogP contribution in [0.25, 0.3) is 0 Å². The van der Waals surface area contributed by atoms with Crippen molar-refractivity contribution in [3.8, 4) is 5.75 Å². The van der Waals surface area contributed by atoms with Crippen LogP contribution < -0.4 is 15.5 Å². The van der Waals surface area contributed by atoms with Gasteiger partial charge in [-0.15, -0.1) is 0 Å². The highest BCUT2D eigenvalue weighted by Crippen LogP contribution is 2.21. The monoisotopic (exact) mass is 403 g/mol. The van der Waals surface area contributed by atoms with Gasteiger partial charge in [-0.05, 0) is 64.8 Å². The minimum atomic E-state index is -0.889. The van der Waals surface area contributed by atoms with E-state index in [1.165, 1.54) is 13.1 Å². The molecule has 0 fully saturated rings. The summed E-state index contributed by atoms with van der Waals surface area (Å²) in [6, 6.07) is 14.4. The third-order valence-corrected chi connectivity index (χ3v) is 4.11. The first-order valence-electron chi connectivity index (χ1n) is 7.53. The highest BCUT2D eigenvalue weighted by molar-refractivity contribution is 9.10. The molecule has 2 amide bonds. The molecule has 0 aliphatic carbocycles. The number of benzene rings is 2. The number of nitrogens with one attached hydrogen (secondary N) is 2. The lowest BCUT2D eigenvalue weighted by molar-refractivity contribution is -0.131. The summed E-state index contributed by atoms with van der Waals surface area (Å²) in [6.07, 6.45) is 1.50. The van der Waals surface area contributed by atoms with Gasteiger partial charge < -0.3 is 10.1 Å². The first-order valence-corrected chi connectivity index (χ1v) is 8.33. The van der Waals surface area contributed by atoms with Crippen LogP contribution in [0.5, 0.6) is 5.75 Å². The number of nitrogens with zero attached hydrogens (tertiary/aromatic N) is 1. The molecular formula is C18H18BrN3O3. The maximum atomic E-state index is 12.2. The van der Waals surface area contributed by atoms with Crippen molar-refractivity contribution in [1.82, 2.24) is 5.43 Å². The number of hydrogen-bond donors (Lipinski definition) is 2. The first-order chi connectivity index (χ1) is 12.0. The lowest BCUT2D eigenvalue weighted by atomic mass is 10.1. The molecule has 0 heterocycles. The summed E-state index contributed by atoms with van der Waals surface area (Å²) in [5.74, 6) is -1.06. The zero-order valence-electron chi connectivity index (χ0n) is 13.8. The number of carbonyl (C=O) groups excluding carboxylic acids is 2. The number of hydrogen-bond acceptors (Lipinski definition) is 4. The van der Waals surface area contributed by atoms with Gasteiger partial charge in [0.05, 0.1) is 19.0 Å². The van der Waals surface area contributed by atoms with Gasteiger partial charge in [0.2, 0.25) is 5.91 Å². The molecular weight excluding hydrogens is 386 g/mol. The molecule has 7 heteroatoms. The molecule has 0 saturated heterocycles. The fourth-order valence-electron chi connectivity index (χ4n) is 1.88. The predicted octanol–water partition coefficient (Wildman–Crippen LogP) is 3.18. The second-order valence-corrected chi connectivity index (χ2v) is 6.05. The van der Waals surface area contributed by atoms with E-state index in [2.05, 4.69) is 31.8 Å². The molecule has 130 valence electrons. The fourth-order valence-corrected chi connectivity index (χ4v) is 2.26. The molecule has 0 aliphatic rings. The van der Waals surface area contributed by atoms with E-state index in [9.17, 15) is 9.59 Å². The molecule has 0 spiro atoms. The zero-order chi connectivity index (χ0) is 18.2. The molecule has 0 saturated carbocycles. The topological polar surface area (TPSA) is 79.8 Å². The SMILES string of the molecule is COc1ccc(C=NNC(=O)C(C)C(=O)Nc2ccccc2Br)cc1. The normalized spacial score (nSPS) is 11.8. The molecule has 1 unspecified atom stereocenters. The van der Waals surface area contributed by atoms with E-state index < -0.39 is 17.7 Å². The van der Waals surface area contributed by atoms with Crippen LogP contribution in [0.1, 0.15) is 12.5 Å².